The Labute approximate surface area is 177 Å². The predicted octanol–water partition coefficient (Wildman–Crippen LogP) is 3.53. The quantitative estimate of drug-likeness (QED) is 0.706. The molecule has 0 aliphatic carbocycles. The predicted molar refractivity (Wildman–Crippen MR) is 120 cm³/mol. The van der Waals surface area contributed by atoms with Gasteiger partial charge < -0.3 is 14.7 Å². The number of hydrogen-bond donors (Lipinski definition) is 0. The van der Waals surface area contributed by atoms with Crippen molar-refractivity contribution < 1.29 is 9.59 Å². The van der Waals surface area contributed by atoms with Crippen molar-refractivity contribution in [2.45, 2.75) is 18.2 Å². The van der Waals surface area contributed by atoms with Crippen molar-refractivity contribution in [1.29, 1.82) is 0 Å². The lowest BCUT2D eigenvalue weighted by atomic mass is 10.2. The molecule has 0 N–H and O–H groups in total. The smallest absolute Gasteiger partial charge is 0.255 e. The highest BCUT2D eigenvalue weighted by Gasteiger charge is 2.22. The first-order valence-electron chi connectivity index (χ1n) is 9.98. The minimum Gasteiger partial charge on any atom is -0.370 e. The van der Waals surface area contributed by atoms with Gasteiger partial charge in [-0.3, -0.25) is 9.59 Å². The van der Waals surface area contributed by atoms with Crippen LogP contribution in [-0.2, 0) is 4.79 Å². The number of amides is 2. The third-order valence-corrected chi connectivity index (χ3v) is 6.21. The van der Waals surface area contributed by atoms with Gasteiger partial charge in [-0.25, -0.2) is 0 Å². The van der Waals surface area contributed by atoms with Crippen molar-refractivity contribution >= 4 is 29.3 Å². The lowest BCUT2D eigenvalue weighted by Crippen LogP contribution is -2.35. The lowest BCUT2D eigenvalue weighted by molar-refractivity contribution is -0.125. The van der Waals surface area contributed by atoms with E-state index in [4.69, 9.17) is 0 Å². The minimum atomic E-state index is 0.0424. The number of hydrogen-bond acceptors (Lipinski definition) is 4. The number of nitrogens with zero attached hydrogens (tertiary/aromatic N) is 3. The fourth-order valence-electron chi connectivity index (χ4n) is 3.34. The van der Waals surface area contributed by atoms with Gasteiger partial charge in [-0.15, -0.1) is 11.8 Å². The molecule has 29 heavy (non-hydrogen) atoms. The molecule has 0 unspecified atom stereocenters. The first kappa shape index (κ1) is 21.2. The van der Waals surface area contributed by atoms with Crippen LogP contribution in [-0.4, -0.2) is 67.6 Å². The normalized spacial score (nSPS) is 14.4. The number of aryl methyl sites for hydroxylation is 1. The van der Waals surface area contributed by atoms with Crippen LogP contribution in [0.3, 0.4) is 0 Å². The van der Waals surface area contributed by atoms with Gasteiger partial charge in [-0.05, 0) is 37.6 Å². The maximum absolute atomic E-state index is 13.2. The summed E-state index contributed by atoms with van der Waals surface area (Å²) in [6, 6.07) is 16.2. The molecule has 154 valence electrons. The topological polar surface area (TPSA) is 43.9 Å². The molecular weight excluding hydrogens is 382 g/mol. The van der Waals surface area contributed by atoms with Crippen LogP contribution in [0, 0.1) is 6.92 Å². The van der Waals surface area contributed by atoms with Gasteiger partial charge in [0.15, 0.2) is 0 Å². The molecule has 1 heterocycles. The van der Waals surface area contributed by atoms with E-state index in [0.717, 1.165) is 31.0 Å². The number of rotatable bonds is 5. The molecule has 0 spiro atoms. The summed E-state index contributed by atoms with van der Waals surface area (Å²) in [5.74, 6) is 0.426. The van der Waals surface area contributed by atoms with Crippen LogP contribution in [0.2, 0.25) is 0 Å². The van der Waals surface area contributed by atoms with E-state index in [2.05, 4.69) is 36.1 Å². The van der Waals surface area contributed by atoms with E-state index in [1.807, 2.05) is 29.2 Å². The molecule has 0 atom stereocenters. The Kier molecular flexibility index (Phi) is 7.20. The van der Waals surface area contributed by atoms with Gasteiger partial charge in [0.25, 0.3) is 5.91 Å². The summed E-state index contributed by atoms with van der Waals surface area (Å²) in [4.78, 5) is 31.9. The maximum atomic E-state index is 13.2. The van der Waals surface area contributed by atoms with Gasteiger partial charge in [0.05, 0.1) is 11.3 Å². The Morgan fingerprint density at radius 1 is 0.966 bits per heavy atom. The molecule has 1 aliphatic rings. The molecule has 3 rings (SSSR count). The van der Waals surface area contributed by atoms with Gasteiger partial charge >= 0.3 is 0 Å². The fourth-order valence-corrected chi connectivity index (χ4v) is 4.37. The van der Waals surface area contributed by atoms with Crippen LogP contribution < -0.4 is 4.90 Å². The summed E-state index contributed by atoms with van der Waals surface area (Å²) in [5, 5.41) is 0. The highest BCUT2D eigenvalue weighted by molar-refractivity contribution is 8.00. The first-order chi connectivity index (χ1) is 14.0. The fraction of sp³-hybridized carbons (Fsp3) is 0.391. The first-order valence-corrected chi connectivity index (χ1v) is 11.0. The zero-order valence-corrected chi connectivity index (χ0v) is 18.2. The Morgan fingerprint density at radius 2 is 1.69 bits per heavy atom. The largest absolute Gasteiger partial charge is 0.370 e. The number of carbonyl (C=O) groups is 2. The second-order valence-corrected chi connectivity index (χ2v) is 8.56. The van der Waals surface area contributed by atoms with E-state index in [9.17, 15) is 9.59 Å². The van der Waals surface area contributed by atoms with Crippen LogP contribution in [0.4, 0.5) is 5.69 Å². The lowest BCUT2D eigenvalue weighted by Gasteiger charge is -2.24. The zero-order valence-electron chi connectivity index (χ0n) is 17.4. The SMILES string of the molecule is Cc1ccc(N2CCCN(C(=O)c3ccccc3SCC(=O)N(C)C)CC2)cc1. The Hall–Kier alpha value is -2.47. The van der Waals surface area contributed by atoms with E-state index in [1.165, 1.54) is 23.0 Å². The Balaban J connectivity index is 1.67. The third kappa shape index (κ3) is 5.54. The van der Waals surface area contributed by atoms with Gasteiger partial charge in [-0.1, -0.05) is 29.8 Å². The van der Waals surface area contributed by atoms with E-state index < -0.39 is 0 Å². The summed E-state index contributed by atoms with van der Waals surface area (Å²) in [7, 11) is 3.49. The number of carbonyl (C=O) groups excluding carboxylic acids is 2. The van der Waals surface area contributed by atoms with Gasteiger partial charge in [0.1, 0.15) is 0 Å². The third-order valence-electron chi connectivity index (χ3n) is 5.15. The van der Waals surface area contributed by atoms with Crippen molar-refractivity contribution in [3.8, 4) is 0 Å². The number of anilines is 1. The molecule has 0 bridgehead atoms. The second-order valence-electron chi connectivity index (χ2n) is 7.54. The van der Waals surface area contributed by atoms with E-state index >= 15 is 0 Å². The zero-order chi connectivity index (χ0) is 20.8. The summed E-state index contributed by atoms with van der Waals surface area (Å²) < 4.78 is 0. The molecule has 1 aliphatic heterocycles. The number of benzene rings is 2. The Bertz CT molecular complexity index is 851. The van der Waals surface area contributed by atoms with E-state index in [-0.39, 0.29) is 11.8 Å². The van der Waals surface area contributed by atoms with E-state index in [0.29, 0.717) is 17.9 Å². The molecule has 1 saturated heterocycles. The van der Waals surface area contributed by atoms with Crippen LogP contribution in [0.25, 0.3) is 0 Å². The molecule has 0 aromatic heterocycles. The molecule has 0 radical (unpaired) electrons. The summed E-state index contributed by atoms with van der Waals surface area (Å²) in [6.07, 6.45) is 0.939. The standard InChI is InChI=1S/C23H29N3O2S/c1-18-9-11-19(12-10-18)25-13-6-14-26(16-15-25)23(28)20-7-4-5-8-21(20)29-17-22(27)24(2)3/h4-5,7-12H,6,13-17H2,1-3H3. The van der Waals surface area contributed by atoms with Gasteiger partial charge in [0.2, 0.25) is 5.91 Å². The molecular formula is C23H29N3O2S. The molecule has 0 saturated carbocycles. The molecule has 2 amide bonds. The van der Waals surface area contributed by atoms with E-state index in [1.54, 1.807) is 19.0 Å². The molecule has 1 fully saturated rings. The van der Waals surface area contributed by atoms with Crippen molar-refractivity contribution in [3.05, 3.63) is 59.7 Å². The van der Waals surface area contributed by atoms with Crippen molar-refractivity contribution in [2.75, 3.05) is 50.9 Å². The molecule has 2 aromatic carbocycles. The molecule has 5 nitrogen and oxygen atoms in total. The molecule has 6 heteroatoms. The van der Waals surface area contributed by atoms with Crippen LogP contribution in [0.5, 0.6) is 0 Å². The van der Waals surface area contributed by atoms with Crippen LogP contribution >= 0.6 is 11.8 Å². The van der Waals surface area contributed by atoms with Crippen LogP contribution in [0.15, 0.2) is 53.4 Å². The van der Waals surface area contributed by atoms with Gasteiger partial charge in [0, 0.05) is 50.9 Å². The maximum Gasteiger partial charge on any atom is 0.255 e. The van der Waals surface area contributed by atoms with Crippen LogP contribution in [0.1, 0.15) is 22.3 Å². The summed E-state index contributed by atoms with van der Waals surface area (Å²) in [6.45, 7) is 5.30. The van der Waals surface area contributed by atoms with Gasteiger partial charge in [-0.2, -0.15) is 0 Å². The summed E-state index contributed by atoms with van der Waals surface area (Å²) in [5.41, 5.74) is 3.15. The van der Waals surface area contributed by atoms with Crippen molar-refractivity contribution in [2.24, 2.45) is 0 Å². The average Bonchev–Trinajstić information content (AvgIpc) is 2.98. The number of thioether (sulfide) groups is 1. The van der Waals surface area contributed by atoms with Crippen molar-refractivity contribution in [3.63, 3.8) is 0 Å². The highest BCUT2D eigenvalue weighted by Crippen LogP contribution is 2.25. The average molecular weight is 412 g/mol. The second kappa shape index (κ2) is 9.83. The summed E-state index contributed by atoms with van der Waals surface area (Å²) >= 11 is 1.43. The highest BCUT2D eigenvalue weighted by atomic mass is 32.2. The minimum absolute atomic E-state index is 0.0424. The monoisotopic (exact) mass is 411 g/mol. The van der Waals surface area contributed by atoms with Crippen molar-refractivity contribution in [1.82, 2.24) is 9.80 Å². The molecule has 2 aromatic rings. The Morgan fingerprint density at radius 3 is 2.41 bits per heavy atom.